The van der Waals surface area contributed by atoms with Gasteiger partial charge in [0, 0.05) is 17.9 Å². The topological polar surface area (TPSA) is 72.2 Å². The van der Waals surface area contributed by atoms with E-state index in [1.807, 2.05) is 34.6 Å². The first-order chi connectivity index (χ1) is 8.64. The van der Waals surface area contributed by atoms with Crippen LogP contribution in [0, 0.1) is 5.92 Å². The molecule has 5 nitrogen and oxygen atoms in total. The van der Waals surface area contributed by atoms with Crippen molar-refractivity contribution < 1.29 is 9.90 Å². The molecule has 1 heterocycles. The number of hydrogen-bond acceptors (Lipinski definition) is 4. The van der Waals surface area contributed by atoms with Crippen LogP contribution in [0.15, 0.2) is 22.2 Å². The molecule has 0 fully saturated rings. The lowest BCUT2D eigenvalue weighted by atomic mass is 10.1. The number of carboxylic acid groups (broad SMARTS) is 1. The molecule has 6 heteroatoms. The van der Waals surface area contributed by atoms with Crippen LogP contribution in [0.25, 0.3) is 0 Å². The Hall–Kier alpha value is -1.30. The van der Waals surface area contributed by atoms with Crippen molar-refractivity contribution in [3.63, 3.8) is 0 Å². The predicted molar refractivity (Wildman–Crippen MR) is 75.6 cm³/mol. The van der Waals surface area contributed by atoms with Gasteiger partial charge in [0.15, 0.2) is 5.03 Å². The predicted octanol–water partition coefficient (Wildman–Crippen LogP) is 2.20. The van der Waals surface area contributed by atoms with Crippen LogP contribution in [-0.4, -0.2) is 25.9 Å². The van der Waals surface area contributed by atoms with E-state index in [4.69, 9.17) is 5.11 Å². The van der Waals surface area contributed by atoms with E-state index in [1.165, 1.54) is 6.20 Å². The van der Waals surface area contributed by atoms with E-state index in [1.54, 1.807) is 10.8 Å². The highest BCUT2D eigenvalue weighted by Crippen LogP contribution is 2.25. The van der Waals surface area contributed by atoms with Crippen molar-refractivity contribution in [2.24, 2.45) is 5.92 Å². The summed E-state index contributed by atoms with van der Waals surface area (Å²) in [5.41, 5.74) is -0.599. The number of rotatable bonds is 4. The minimum absolute atomic E-state index is 0.0769. The molecule has 0 saturated carbocycles. The molecule has 106 valence electrons. The summed E-state index contributed by atoms with van der Waals surface area (Å²) >= 11 is 1.02. The maximum absolute atomic E-state index is 12.3. The van der Waals surface area contributed by atoms with Gasteiger partial charge in [-0.25, -0.2) is 4.98 Å². The molecule has 1 aromatic rings. The van der Waals surface area contributed by atoms with Crippen LogP contribution in [0.4, 0.5) is 0 Å². The van der Waals surface area contributed by atoms with Gasteiger partial charge in [-0.15, -0.1) is 0 Å². The summed E-state index contributed by atoms with van der Waals surface area (Å²) < 4.78 is 1.57. The van der Waals surface area contributed by atoms with Crippen LogP contribution in [0.2, 0.25) is 0 Å². The summed E-state index contributed by atoms with van der Waals surface area (Å²) in [7, 11) is 0. The van der Waals surface area contributed by atoms with Gasteiger partial charge in [-0.05, 0) is 26.7 Å². The number of thioether (sulfide) groups is 1. The average molecular weight is 284 g/mol. The first-order valence-electron chi connectivity index (χ1n) is 6.12. The molecule has 0 aliphatic rings. The fourth-order valence-electron chi connectivity index (χ4n) is 1.59. The number of aliphatic carboxylic acids is 1. The zero-order valence-corrected chi connectivity index (χ0v) is 12.7. The Kier molecular flexibility index (Phi) is 4.79. The molecule has 0 bridgehead atoms. The van der Waals surface area contributed by atoms with Gasteiger partial charge in [-0.1, -0.05) is 25.6 Å². The van der Waals surface area contributed by atoms with Crippen molar-refractivity contribution >= 4 is 17.7 Å². The van der Waals surface area contributed by atoms with Crippen molar-refractivity contribution in [3.8, 4) is 0 Å². The smallest absolute Gasteiger partial charge is 0.317 e. The Bertz CT molecular complexity index is 517. The van der Waals surface area contributed by atoms with E-state index in [-0.39, 0.29) is 22.0 Å². The average Bonchev–Trinajstić information content (AvgIpc) is 2.24. The molecule has 0 saturated heterocycles. The number of hydrogen-bond donors (Lipinski definition) is 1. The third-order valence-electron chi connectivity index (χ3n) is 2.62. The molecule has 19 heavy (non-hydrogen) atoms. The Morgan fingerprint density at radius 3 is 2.42 bits per heavy atom. The Labute approximate surface area is 117 Å². The van der Waals surface area contributed by atoms with Crippen LogP contribution in [0.5, 0.6) is 0 Å². The van der Waals surface area contributed by atoms with Crippen molar-refractivity contribution in [3.05, 3.63) is 22.7 Å². The molecule has 0 spiro atoms. The quantitative estimate of drug-likeness (QED) is 0.858. The first kappa shape index (κ1) is 15.8. The molecule has 0 radical (unpaired) electrons. The lowest BCUT2D eigenvalue weighted by Crippen LogP contribution is -2.35. The first-order valence-corrected chi connectivity index (χ1v) is 7.00. The molecular weight excluding hydrogens is 264 g/mol. The molecular formula is C13H20N2O3S. The molecule has 0 aliphatic heterocycles. The maximum Gasteiger partial charge on any atom is 0.317 e. The van der Waals surface area contributed by atoms with Gasteiger partial charge in [-0.3, -0.25) is 9.59 Å². The summed E-state index contributed by atoms with van der Waals surface area (Å²) in [4.78, 5) is 27.5. The van der Waals surface area contributed by atoms with E-state index in [9.17, 15) is 9.59 Å². The van der Waals surface area contributed by atoms with E-state index in [2.05, 4.69) is 4.98 Å². The van der Waals surface area contributed by atoms with Gasteiger partial charge in [0.2, 0.25) is 0 Å². The zero-order valence-electron chi connectivity index (χ0n) is 11.9. The van der Waals surface area contributed by atoms with Gasteiger partial charge in [0.05, 0.1) is 0 Å². The summed E-state index contributed by atoms with van der Waals surface area (Å²) in [6, 6.07) is 0. The summed E-state index contributed by atoms with van der Waals surface area (Å²) in [5, 5.41) is 8.73. The molecule has 1 aromatic heterocycles. The van der Waals surface area contributed by atoms with Crippen LogP contribution in [0.1, 0.15) is 34.6 Å². The normalized spacial score (nSPS) is 13.6. The van der Waals surface area contributed by atoms with E-state index < -0.39 is 11.2 Å². The van der Waals surface area contributed by atoms with Crippen LogP contribution >= 0.6 is 11.8 Å². The summed E-state index contributed by atoms with van der Waals surface area (Å²) in [6.07, 6.45) is 3.16. The van der Waals surface area contributed by atoms with Crippen molar-refractivity contribution in [2.45, 2.75) is 50.4 Å². The SMILES string of the molecule is CC(C)C(Sc1nccn(C(C)(C)C)c1=O)C(=O)O. The highest BCUT2D eigenvalue weighted by molar-refractivity contribution is 8.00. The van der Waals surface area contributed by atoms with Crippen molar-refractivity contribution in [2.75, 3.05) is 0 Å². The molecule has 1 unspecified atom stereocenters. The largest absolute Gasteiger partial charge is 0.480 e. The van der Waals surface area contributed by atoms with Gasteiger partial charge in [0.25, 0.3) is 5.56 Å². The number of carboxylic acids is 1. The Balaban J connectivity index is 3.16. The third-order valence-corrected chi connectivity index (χ3v) is 4.12. The van der Waals surface area contributed by atoms with Crippen molar-refractivity contribution in [1.82, 2.24) is 9.55 Å². The third kappa shape index (κ3) is 3.83. The van der Waals surface area contributed by atoms with E-state index >= 15 is 0 Å². The zero-order chi connectivity index (χ0) is 14.8. The van der Waals surface area contributed by atoms with Crippen LogP contribution in [-0.2, 0) is 10.3 Å². The minimum Gasteiger partial charge on any atom is -0.480 e. The fraction of sp³-hybridized carbons (Fsp3) is 0.615. The molecule has 0 amide bonds. The fourth-order valence-corrected chi connectivity index (χ4v) is 2.53. The highest BCUT2D eigenvalue weighted by atomic mass is 32.2. The minimum atomic E-state index is -0.924. The summed E-state index contributed by atoms with van der Waals surface area (Å²) in [6.45, 7) is 9.38. The van der Waals surface area contributed by atoms with Crippen LogP contribution in [0.3, 0.4) is 0 Å². The Morgan fingerprint density at radius 2 is 2.00 bits per heavy atom. The second kappa shape index (κ2) is 5.77. The standard InChI is InChI=1S/C13H20N2O3S/c1-8(2)9(12(17)18)19-10-11(16)15(7-6-14-10)13(3,4)5/h6-9H,1-5H3,(H,17,18). The van der Waals surface area contributed by atoms with Crippen LogP contribution < -0.4 is 5.56 Å². The Morgan fingerprint density at radius 1 is 1.42 bits per heavy atom. The van der Waals surface area contributed by atoms with Gasteiger partial charge >= 0.3 is 5.97 Å². The molecule has 1 atom stereocenters. The molecule has 1 N–H and O–H groups in total. The lowest BCUT2D eigenvalue weighted by Gasteiger charge is -2.23. The number of carbonyl (C=O) groups is 1. The number of nitrogens with zero attached hydrogens (tertiary/aromatic N) is 2. The monoisotopic (exact) mass is 284 g/mol. The van der Waals surface area contributed by atoms with Gasteiger partial charge in [-0.2, -0.15) is 0 Å². The van der Waals surface area contributed by atoms with E-state index in [0.717, 1.165) is 11.8 Å². The van der Waals surface area contributed by atoms with E-state index in [0.29, 0.717) is 0 Å². The highest BCUT2D eigenvalue weighted by Gasteiger charge is 2.26. The second-order valence-electron chi connectivity index (χ2n) is 5.70. The second-order valence-corrected chi connectivity index (χ2v) is 6.83. The van der Waals surface area contributed by atoms with Gasteiger partial charge in [0.1, 0.15) is 5.25 Å². The summed E-state index contributed by atoms with van der Waals surface area (Å²) in [5.74, 6) is -1.00. The molecule has 1 rings (SSSR count). The lowest BCUT2D eigenvalue weighted by molar-refractivity contribution is -0.137. The van der Waals surface area contributed by atoms with Gasteiger partial charge < -0.3 is 9.67 Å². The number of aromatic nitrogens is 2. The van der Waals surface area contributed by atoms with Crippen molar-refractivity contribution in [1.29, 1.82) is 0 Å². The molecule has 0 aromatic carbocycles. The molecule has 0 aliphatic carbocycles. The maximum atomic E-state index is 12.3.